The molecule has 96 valence electrons. The third-order valence-corrected chi connectivity index (χ3v) is 2.73. The normalized spacial score (nSPS) is 11.9. The average Bonchev–Trinajstić information content (AvgIpc) is 2.23. The summed E-state index contributed by atoms with van der Waals surface area (Å²) in [5.74, 6) is 0. The molecule has 0 saturated carbocycles. The van der Waals surface area contributed by atoms with Crippen molar-refractivity contribution in [1.29, 1.82) is 0 Å². The highest BCUT2D eigenvalue weighted by Crippen LogP contribution is 2.28. The molecule has 2 N–H and O–H groups in total. The minimum atomic E-state index is 0.190. The van der Waals surface area contributed by atoms with Crippen LogP contribution in [0, 0.1) is 0 Å². The van der Waals surface area contributed by atoms with Crippen LogP contribution in [0.15, 0.2) is 24.3 Å². The van der Waals surface area contributed by atoms with Crippen molar-refractivity contribution >= 4 is 5.69 Å². The van der Waals surface area contributed by atoms with E-state index in [-0.39, 0.29) is 5.41 Å². The third kappa shape index (κ3) is 4.78. The summed E-state index contributed by atoms with van der Waals surface area (Å²) in [5.41, 5.74) is 2.82. The predicted molar refractivity (Wildman–Crippen MR) is 76.8 cm³/mol. The van der Waals surface area contributed by atoms with Gasteiger partial charge in [-0.25, -0.2) is 0 Å². The molecule has 0 amide bonds. The Hall–Kier alpha value is -1.02. The maximum atomic E-state index is 3.51. The first-order valence-electron chi connectivity index (χ1n) is 6.48. The molecular weight excluding hydrogens is 208 g/mol. The number of hydrogen-bond acceptors (Lipinski definition) is 2. The molecule has 2 heteroatoms. The highest BCUT2D eigenvalue weighted by atomic mass is 15.0. The minimum Gasteiger partial charge on any atom is -0.384 e. The predicted octanol–water partition coefficient (Wildman–Crippen LogP) is 3.39. The van der Waals surface area contributed by atoms with E-state index in [0.717, 1.165) is 13.1 Å². The molecule has 0 aliphatic carbocycles. The molecule has 2 nitrogen and oxygen atoms in total. The van der Waals surface area contributed by atoms with Crippen molar-refractivity contribution in [1.82, 2.24) is 5.32 Å². The summed E-state index contributed by atoms with van der Waals surface area (Å²) in [6.07, 6.45) is 0. The summed E-state index contributed by atoms with van der Waals surface area (Å²) in [5, 5.41) is 6.92. The van der Waals surface area contributed by atoms with Gasteiger partial charge in [-0.05, 0) is 17.0 Å². The molecule has 1 rings (SSSR count). The number of benzene rings is 1. The van der Waals surface area contributed by atoms with Gasteiger partial charge in [0.25, 0.3) is 0 Å². The lowest BCUT2D eigenvalue weighted by Crippen LogP contribution is -2.28. The Kier molecular flexibility index (Phi) is 5.01. The molecule has 1 aromatic rings. The first-order chi connectivity index (χ1) is 7.91. The molecule has 0 bridgehead atoms. The topological polar surface area (TPSA) is 24.1 Å². The van der Waals surface area contributed by atoms with Gasteiger partial charge in [0.15, 0.2) is 0 Å². The third-order valence-electron chi connectivity index (χ3n) is 2.73. The number of nitrogens with one attached hydrogen (secondary N) is 2. The van der Waals surface area contributed by atoms with E-state index in [0.29, 0.717) is 6.04 Å². The van der Waals surface area contributed by atoms with Crippen LogP contribution in [0.2, 0.25) is 0 Å². The number of anilines is 1. The van der Waals surface area contributed by atoms with Crippen LogP contribution in [0.5, 0.6) is 0 Å². The number of rotatable bonds is 5. The summed E-state index contributed by atoms with van der Waals surface area (Å²) >= 11 is 0. The molecule has 0 aliphatic heterocycles. The van der Waals surface area contributed by atoms with E-state index >= 15 is 0 Å². The van der Waals surface area contributed by atoms with E-state index in [2.05, 4.69) is 69.5 Å². The summed E-state index contributed by atoms with van der Waals surface area (Å²) < 4.78 is 0. The summed E-state index contributed by atoms with van der Waals surface area (Å²) in [4.78, 5) is 0. The maximum Gasteiger partial charge on any atom is 0.0378 e. The molecule has 0 aliphatic rings. The molecular formula is C15H26N2. The Morgan fingerprint density at radius 1 is 1.06 bits per heavy atom. The Labute approximate surface area is 106 Å². The Morgan fingerprint density at radius 2 is 1.71 bits per heavy atom. The Morgan fingerprint density at radius 3 is 2.29 bits per heavy atom. The van der Waals surface area contributed by atoms with E-state index in [1.807, 2.05) is 0 Å². The quantitative estimate of drug-likeness (QED) is 0.763. The van der Waals surface area contributed by atoms with E-state index in [1.54, 1.807) is 0 Å². The smallest absolute Gasteiger partial charge is 0.0378 e. The van der Waals surface area contributed by atoms with Crippen molar-refractivity contribution in [3.63, 3.8) is 0 Å². The standard InChI is InChI=1S/C15H26N2/c1-12(2)16-10-11-17-14-9-7-6-8-13(14)15(3,4)5/h6-9,12,16-17H,10-11H2,1-5H3. The van der Waals surface area contributed by atoms with Crippen molar-refractivity contribution in [3.8, 4) is 0 Å². The lowest BCUT2D eigenvalue weighted by atomic mass is 9.86. The molecule has 0 spiro atoms. The van der Waals surface area contributed by atoms with Crippen LogP contribution in [0.3, 0.4) is 0 Å². The molecule has 0 radical (unpaired) electrons. The van der Waals surface area contributed by atoms with Crippen LogP contribution < -0.4 is 10.6 Å². The molecule has 17 heavy (non-hydrogen) atoms. The molecule has 0 heterocycles. The summed E-state index contributed by atoms with van der Waals surface area (Å²) in [6.45, 7) is 13.0. The van der Waals surface area contributed by atoms with E-state index < -0.39 is 0 Å². The lowest BCUT2D eigenvalue weighted by molar-refractivity contribution is 0.587. The van der Waals surface area contributed by atoms with Gasteiger partial charge in [-0.3, -0.25) is 0 Å². The fourth-order valence-corrected chi connectivity index (χ4v) is 1.85. The van der Waals surface area contributed by atoms with Crippen LogP contribution >= 0.6 is 0 Å². The van der Waals surface area contributed by atoms with Crippen LogP contribution in [0.25, 0.3) is 0 Å². The molecule has 0 aromatic heterocycles. The van der Waals surface area contributed by atoms with Gasteiger partial charge < -0.3 is 10.6 Å². The van der Waals surface area contributed by atoms with Crippen molar-refractivity contribution in [2.45, 2.75) is 46.1 Å². The van der Waals surface area contributed by atoms with E-state index in [4.69, 9.17) is 0 Å². The zero-order valence-electron chi connectivity index (χ0n) is 11.8. The lowest BCUT2D eigenvalue weighted by Gasteiger charge is -2.23. The van der Waals surface area contributed by atoms with E-state index in [9.17, 15) is 0 Å². The van der Waals surface area contributed by atoms with Crippen molar-refractivity contribution in [2.75, 3.05) is 18.4 Å². The van der Waals surface area contributed by atoms with Gasteiger partial charge in [-0.2, -0.15) is 0 Å². The second kappa shape index (κ2) is 6.06. The second-order valence-corrected chi connectivity index (χ2v) is 5.83. The van der Waals surface area contributed by atoms with Gasteiger partial charge in [0.1, 0.15) is 0 Å². The van der Waals surface area contributed by atoms with Gasteiger partial charge in [0, 0.05) is 24.8 Å². The van der Waals surface area contributed by atoms with Gasteiger partial charge >= 0.3 is 0 Å². The van der Waals surface area contributed by atoms with Gasteiger partial charge in [-0.15, -0.1) is 0 Å². The van der Waals surface area contributed by atoms with E-state index in [1.165, 1.54) is 11.3 Å². The van der Waals surface area contributed by atoms with Gasteiger partial charge in [0.05, 0.1) is 0 Å². The fraction of sp³-hybridized carbons (Fsp3) is 0.600. The fourth-order valence-electron chi connectivity index (χ4n) is 1.85. The zero-order valence-corrected chi connectivity index (χ0v) is 11.8. The zero-order chi connectivity index (χ0) is 12.9. The number of para-hydroxylation sites is 1. The highest BCUT2D eigenvalue weighted by Gasteiger charge is 2.16. The van der Waals surface area contributed by atoms with Crippen LogP contribution in [-0.4, -0.2) is 19.1 Å². The van der Waals surface area contributed by atoms with Crippen molar-refractivity contribution < 1.29 is 0 Å². The summed E-state index contributed by atoms with van der Waals surface area (Å²) in [7, 11) is 0. The molecule has 1 aromatic carbocycles. The molecule has 0 atom stereocenters. The molecule has 0 unspecified atom stereocenters. The Balaban J connectivity index is 2.59. The van der Waals surface area contributed by atoms with Gasteiger partial charge in [-0.1, -0.05) is 52.8 Å². The maximum absolute atomic E-state index is 3.51. The van der Waals surface area contributed by atoms with Crippen molar-refractivity contribution in [3.05, 3.63) is 29.8 Å². The monoisotopic (exact) mass is 234 g/mol. The number of hydrogen-bond donors (Lipinski definition) is 2. The Bertz CT molecular complexity index is 337. The average molecular weight is 234 g/mol. The molecule has 0 saturated heterocycles. The first kappa shape index (κ1) is 14.0. The van der Waals surface area contributed by atoms with Crippen LogP contribution in [0.4, 0.5) is 5.69 Å². The largest absolute Gasteiger partial charge is 0.384 e. The highest BCUT2D eigenvalue weighted by molar-refractivity contribution is 5.54. The second-order valence-electron chi connectivity index (χ2n) is 5.83. The van der Waals surface area contributed by atoms with Crippen LogP contribution in [-0.2, 0) is 5.41 Å². The SMILES string of the molecule is CC(C)NCCNc1ccccc1C(C)(C)C. The van der Waals surface area contributed by atoms with Crippen LogP contribution in [0.1, 0.15) is 40.2 Å². The minimum absolute atomic E-state index is 0.190. The molecule has 0 fully saturated rings. The van der Waals surface area contributed by atoms with Crippen molar-refractivity contribution in [2.24, 2.45) is 0 Å². The van der Waals surface area contributed by atoms with Gasteiger partial charge in [0.2, 0.25) is 0 Å². The first-order valence-corrected chi connectivity index (χ1v) is 6.48. The summed E-state index contributed by atoms with van der Waals surface area (Å²) in [6, 6.07) is 9.12.